The molecule has 0 rings (SSSR count). The molecular formula is C4H7BO. The van der Waals surface area contributed by atoms with Gasteiger partial charge in [-0.25, -0.2) is 0 Å². The molecule has 0 aromatic carbocycles. The summed E-state index contributed by atoms with van der Waals surface area (Å²) in [6.07, 6.45) is 0. The first-order chi connectivity index (χ1) is 2.77. The van der Waals surface area contributed by atoms with Crippen molar-refractivity contribution in [2.24, 2.45) is 0 Å². The topological polar surface area (TPSA) is 17.1 Å². The van der Waals surface area contributed by atoms with Gasteiger partial charge in [0.15, 0.2) is 0 Å². The Balaban J connectivity index is 3.30. The second kappa shape index (κ2) is 2.82. The third kappa shape index (κ3) is 3.60. The second-order valence-corrected chi connectivity index (χ2v) is 1.11. The van der Waals surface area contributed by atoms with Crippen molar-refractivity contribution in [1.82, 2.24) is 0 Å². The number of carbonyl (C=O) groups is 1. The fraction of sp³-hybridized carbons (Fsp3) is 0.500. The molecule has 0 spiro atoms. The summed E-state index contributed by atoms with van der Waals surface area (Å²) in [5.74, 6) is 1.64. The number of hydrogen-bond donors (Lipinski definition) is 0. The van der Waals surface area contributed by atoms with Crippen LogP contribution in [-0.4, -0.2) is 18.7 Å². The molecule has 0 amide bonds. The van der Waals surface area contributed by atoms with E-state index in [1.54, 1.807) is 6.92 Å². The normalized spacial score (nSPS) is 8.33. The molecule has 6 heavy (non-hydrogen) atoms. The van der Waals surface area contributed by atoms with Gasteiger partial charge in [0.05, 0.1) is 0 Å². The molecule has 0 bridgehead atoms. The van der Waals surface area contributed by atoms with E-state index in [0.717, 1.165) is 0 Å². The van der Waals surface area contributed by atoms with Gasteiger partial charge in [0.25, 0.3) is 0 Å². The van der Waals surface area contributed by atoms with Gasteiger partial charge in [-0.05, 0) is 0 Å². The van der Waals surface area contributed by atoms with Crippen molar-refractivity contribution < 1.29 is 4.79 Å². The van der Waals surface area contributed by atoms with E-state index in [4.69, 9.17) is 0 Å². The van der Waals surface area contributed by atoms with Gasteiger partial charge >= 0.3 is 37.2 Å². The Morgan fingerprint density at radius 2 is 2.33 bits per heavy atom. The van der Waals surface area contributed by atoms with Crippen LogP contribution in [0.5, 0.6) is 0 Å². The first-order valence-corrected chi connectivity index (χ1v) is 1.90. The van der Waals surface area contributed by atoms with Crippen molar-refractivity contribution in [1.29, 1.82) is 0 Å². The Morgan fingerprint density at radius 3 is 2.33 bits per heavy atom. The van der Waals surface area contributed by atoms with E-state index in [9.17, 15) is 4.79 Å². The van der Waals surface area contributed by atoms with Crippen LogP contribution in [0.1, 0.15) is 6.92 Å². The van der Waals surface area contributed by atoms with Crippen LogP contribution in [0.25, 0.3) is 0 Å². The van der Waals surface area contributed by atoms with Gasteiger partial charge in [-0.15, -0.1) is 0 Å². The van der Waals surface area contributed by atoms with E-state index in [2.05, 4.69) is 0 Å². The fourth-order valence-corrected chi connectivity index (χ4v) is 0.235. The molecule has 0 saturated heterocycles. The SMILES string of the molecule is C/B=C\C(C)=O. The summed E-state index contributed by atoms with van der Waals surface area (Å²) < 4.78 is 0. The predicted octanol–water partition coefficient (Wildman–Crippen LogP) is 0.130. The van der Waals surface area contributed by atoms with Gasteiger partial charge in [-0.3, -0.25) is 0 Å². The third-order valence-electron chi connectivity index (χ3n) is 0.401. The molecule has 0 unspecified atom stereocenters. The molecule has 0 saturated carbocycles. The molecule has 0 radical (unpaired) electrons. The van der Waals surface area contributed by atoms with Crippen LogP contribution in [0, 0.1) is 0 Å². The number of Topliss-reactive ketones (excluding diaryl/α,β-unsaturated/α-hetero) is 1. The van der Waals surface area contributed by atoms with Gasteiger partial charge in [-0.2, -0.15) is 0 Å². The number of rotatable bonds is 1. The first kappa shape index (κ1) is 5.60. The van der Waals surface area contributed by atoms with E-state index in [1.807, 2.05) is 6.82 Å². The van der Waals surface area contributed by atoms with Gasteiger partial charge in [0, 0.05) is 0 Å². The summed E-state index contributed by atoms with van der Waals surface area (Å²) in [5.41, 5.74) is 0. The van der Waals surface area contributed by atoms with E-state index in [0.29, 0.717) is 0 Å². The van der Waals surface area contributed by atoms with Crippen molar-refractivity contribution in [3.8, 4) is 0 Å². The molecule has 0 fully saturated rings. The minimum absolute atomic E-state index is 0.109. The zero-order valence-electron chi connectivity index (χ0n) is 4.06. The quantitative estimate of drug-likeness (QED) is 0.411. The Morgan fingerprint density at radius 1 is 1.83 bits per heavy atom. The Hall–Kier alpha value is -0.395. The van der Waals surface area contributed by atoms with Crippen LogP contribution >= 0.6 is 0 Å². The average molecular weight is 81.9 g/mol. The van der Waals surface area contributed by atoms with Gasteiger partial charge in [0.2, 0.25) is 0 Å². The number of carbonyl (C=O) groups excluding carboxylic acids is 1. The molecule has 0 N–H and O–H groups in total. The van der Waals surface area contributed by atoms with Crippen molar-refractivity contribution >= 4 is 18.7 Å². The average Bonchev–Trinajstić information content (AvgIpc) is 1.35. The predicted molar refractivity (Wildman–Crippen MR) is 28.4 cm³/mol. The summed E-state index contributed by atoms with van der Waals surface area (Å²) in [6, 6.07) is 0. The summed E-state index contributed by atoms with van der Waals surface area (Å²) in [5, 5.41) is 0. The van der Waals surface area contributed by atoms with Crippen LogP contribution in [0.3, 0.4) is 0 Å². The van der Waals surface area contributed by atoms with E-state index in [1.165, 1.54) is 12.9 Å². The van der Waals surface area contributed by atoms with Crippen LogP contribution in [-0.2, 0) is 4.79 Å². The number of hydrogen-bond acceptors (Lipinski definition) is 1. The van der Waals surface area contributed by atoms with Crippen LogP contribution < -0.4 is 0 Å². The maximum atomic E-state index is 9.96. The molecule has 32 valence electrons. The standard InChI is InChI=1S/C4H7BO/c1-4(6)3-5-2/h3H,1-2H3. The van der Waals surface area contributed by atoms with E-state index < -0.39 is 0 Å². The van der Waals surface area contributed by atoms with Gasteiger partial charge in [0.1, 0.15) is 0 Å². The molecule has 0 aromatic rings. The van der Waals surface area contributed by atoms with E-state index in [-0.39, 0.29) is 5.78 Å². The van der Waals surface area contributed by atoms with Crippen molar-refractivity contribution in [2.75, 3.05) is 0 Å². The third-order valence-corrected chi connectivity index (χ3v) is 0.401. The summed E-state index contributed by atoms with van der Waals surface area (Å²) >= 11 is 0. The zero-order chi connectivity index (χ0) is 4.99. The molecule has 0 heterocycles. The molecule has 0 atom stereocenters. The van der Waals surface area contributed by atoms with Crippen molar-refractivity contribution in [3.05, 3.63) is 0 Å². The van der Waals surface area contributed by atoms with Crippen molar-refractivity contribution in [3.63, 3.8) is 0 Å². The minimum atomic E-state index is 0.109. The van der Waals surface area contributed by atoms with Crippen molar-refractivity contribution in [2.45, 2.75) is 13.7 Å². The van der Waals surface area contributed by atoms with E-state index >= 15 is 0 Å². The van der Waals surface area contributed by atoms with Gasteiger partial charge < -0.3 is 0 Å². The molecular weight excluding hydrogens is 74.9 g/mol. The molecule has 1 nitrogen and oxygen atoms in total. The molecule has 0 aliphatic carbocycles. The zero-order valence-corrected chi connectivity index (χ0v) is 4.06. The monoisotopic (exact) mass is 82.1 g/mol. The van der Waals surface area contributed by atoms with Crippen LogP contribution in [0.15, 0.2) is 0 Å². The second-order valence-electron chi connectivity index (χ2n) is 1.11. The fourth-order valence-electron chi connectivity index (χ4n) is 0.235. The molecule has 0 aliphatic rings. The number of ketones is 1. The molecule has 0 aromatic heterocycles. The summed E-state index contributed by atoms with van der Waals surface area (Å²) in [6.45, 7) is 5.07. The Bertz CT molecular complexity index is 75.6. The molecule has 2 heteroatoms. The summed E-state index contributed by atoms with van der Waals surface area (Å²) in [7, 11) is 0. The van der Waals surface area contributed by atoms with Crippen LogP contribution in [0.4, 0.5) is 0 Å². The Labute approximate surface area is 38.3 Å². The Kier molecular flexibility index (Phi) is 2.64. The summed E-state index contributed by atoms with van der Waals surface area (Å²) in [4.78, 5) is 9.96. The maximum absolute atomic E-state index is 9.96. The first-order valence-electron chi connectivity index (χ1n) is 1.90. The van der Waals surface area contributed by atoms with Crippen LogP contribution in [0.2, 0.25) is 6.82 Å². The molecule has 0 aliphatic heterocycles. The van der Waals surface area contributed by atoms with Gasteiger partial charge in [-0.1, -0.05) is 0 Å².